The Morgan fingerprint density at radius 2 is 1.09 bits per heavy atom. The van der Waals surface area contributed by atoms with Crippen LogP contribution in [0.5, 0.6) is 0 Å². The first-order valence-electron chi connectivity index (χ1n) is 6.51. The van der Waals surface area contributed by atoms with Gasteiger partial charge in [-0.2, -0.15) is 0 Å². The van der Waals surface area contributed by atoms with E-state index in [0.29, 0.717) is 0 Å². The lowest BCUT2D eigenvalue weighted by molar-refractivity contribution is -0.385. The van der Waals surface area contributed by atoms with Crippen LogP contribution in [0.1, 0.15) is 11.1 Å². The van der Waals surface area contributed by atoms with Gasteiger partial charge in [-0.15, -0.1) is 0 Å². The highest BCUT2D eigenvalue weighted by atomic mass is 16.9. The molecular formula is C14H13N3O6. The minimum Gasteiger partial charge on any atom is -0.272 e. The van der Waals surface area contributed by atoms with Crippen LogP contribution in [0.3, 0.4) is 0 Å². The molecule has 0 saturated heterocycles. The van der Waals surface area contributed by atoms with Crippen molar-refractivity contribution in [1.82, 2.24) is 5.64 Å². The third kappa shape index (κ3) is 5.11. The number of nitro groups is 2. The summed E-state index contributed by atoms with van der Waals surface area (Å²) >= 11 is 0. The molecule has 1 N–H and O–H groups in total. The number of nitrogens with one attached hydrogen (secondary N) is 1. The molecule has 0 unspecified atom stereocenters. The second-order valence-electron chi connectivity index (χ2n) is 4.51. The fraction of sp³-hybridized carbons (Fsp3) is 0.143. The number of hydrogen-bond donors (Lipinski definition) is 1. The summed E-state index contributed by atoms with van der Waals surface area (Å²) in [5, 5.41) is 21.0. The van der Waals surface area contributed by atoms with E-state index in [1.54, 1.807) is 24.3 Å². The zero-order chi connectivity index (χ0) is 16.7. The first-order valence-corrected chi connectivity index (χ1v) is 6.51. The van der Waals surface area contributed by atoms with E-state index in [9.17, 15) is 20.2 Å². The van der Waals surface area contributed by atoms with Crippen molar-refractivity contribution in [3.63, 3.8) is 0 Å². The minimum absolute atomic E-state index is 0.0103. The lowest BCUT2D eigenvalue weighted by Crippen LogP contribution is -2.15. The summed E-state index contributed by atoms with van der Waals surface area (Å²) in [6, 6.07) is 11.9. The Bertz CT molecular complexity index is 612. The quantitative estimate of drug-likeness (QED) is 0.451. The Balaban J connectivity index is 1.69. The van der Waals surface area contributed by atoms with Crippen LogP contribution in [0.15, 0.2) is 48.5 Å². The molecule has 9 heteroatoms. The van der Waals surface area contributed by atoms with E-state index in [1.807, 2.05) is 0 Å². The van der Waals surface area contributed by atoms with E-state index >= 15 is 0 Å². The van der Waals surface area contributed by atoms with Crippen LogP contribution in [0, 0.1) is 20.2 Å². The molecule has 2 aromatic rings. The number of nitro benzene ring substituents is 2. The molecule has 0 radical (unpaired) electrons. The molecule has 0 fully saturated rings. The topological polar surface area (TPSA) is 117 Å². The number of nitrogens with zero attached hydrogens (tertiary/aromatic N) is 2. The van der Waals surface area contributed by atoms with E-state index < -0.39 is 9.85 Å². The summed E-state index contributed by atoms with van der Waals surface area (Å²) in [7, 11) is 0. The summed E-state index contributed by atoms with van der Waals surface area (Å²) in [6.45, 7) is 0.330. The molecule has 0 aliphatic rings. The number of non-ortho nitro benzene ring substituents is 2. The summed E-state index contributed by atoms with van der Waals surface area (Å²) in [5.74, 6) is 0. The zero-order valence-electron chi connectivity index (χ0n) is 11.9. The molecule has 0 bridgehead atoms. The highest BCUT2D eigenvalue weighted by Crippen LogP contribution is 2.13. The van der Waals surface area contributed by atoms with Crippen LogP contribution in [-0.2, 0) is 22.9 Å². The van der Waals surface area contributed by atoms with E-state index in [1.165, 1.54) is 24.3 Å². The largest absolute Gasteiger partial charge is 0.272 e. The fourth-order valence-electron chi connectivity index (χ4n) is 1.70. The van der Waals surface area contributed by atoms with Gasteiger partial charge < -0.3 is 0 Å². The van der Waals surface area contributed by atoms with Crippen molar-refractivity contribution in [3.8, 4) is 0 Å². The van der Waals surface area contributed by atoms with Crippen LogP contribution >= 0.6 is 0 Å². The Morgan fingerprint density at radius 3 is 1.39 bits per heavy atom. The van der Waals surface area contributed by atoms with Gasteiger partial charge in [0.05, 0.1) is 23.1 Å². The van der Waals surface area contributed by atoms with Crippen molar-refractivity contribution in [3.05, 3.63) is 79.9 Å². The first kappa shape index (κ1) is 16.5. The van der Waals surface area contributed by atoms with Gasteiger partial charge in [-0.05, 0) is 35.4 Å². The monoisotopic (exact) mass is 319 g/mol. The van der Waals surface area contributed by atoms with E-state index in [4.69, 9.17) is 9.68 Å². The lowest BCUT2D eigenvalue weighted by atomic mass is 10.2. The van der Waals surface area contributed by atoms with Gasteiger partial charge in [0.2, 0.25) is 0 Å². The molecule has 0 saturated carbocycles. The third-order valence-electron chi connectivity index (χ3n) is 2.89. The molecule has 0 aliphatic carbocycles. The lowest BCUT2D eigenvalue weighted by Gasteiger charge is -2.06. The molecule has 0 heterocycles. The number of rotatable bonds is 8. The predicted molar refractivity (Wildman–Crippen MR) is 78.9 cm³/mol. The van der Waals surface area contributed by atoms with Crippen molar-refractivity contribution >= 4 is 11.4 Å². The van der Waals surface area contributed by atoms with Gasteiger partial charge in [-0.25, -0.2) is 0 Å². The molecule has 0 atom stereocenters. The Morgan fingerprint density at radius 1 is 0.739 bits per heavy atom. The summed E-state index contributed by atoms with van der Waals surface area (Å²) in [4.78, 5) is 30.2. The van der Waals surface area contributed by atoms with Crippen molar-refractivity contribution in [2.45, 2.75) is 13.2 Å². The minimum atomic E-state index is -0.476. The molecule has 0 spiro atoms. The highest BCUT2D eigenvalue weighted by molar-refractivity contribution is 5.33. The Hall–Kier alpha value is -2.88. The first-order chi connectivity index (χ1) is 11.1. The van der Waals surface area contributed by atoms with E-state index in [0.717, 1.165) is 11.1 Å². The van der Waals surface area contributed by atoms with E-state index in [2.05, 4.69) is 5.64 Å². The molecule has 0 aliphatic heterocycles. The molecule has 23 heavy (non-hydrogen) atoms. The second-order valence-corrected chi connectivity index (χ2v) is 4.51. The second kappa shape index (κ2) is 7.94. The molecule has 9 nitrogen and oxygen atoms in total. The predicted octanol–water partition coefficient (Wildman–Crippen LogP) is 2.66. The van der Waals surface area contributed by atoms with E-state index in [-0.39, 0.29) is 24.6 Å². The van der Waals surface area contributed by atoms with Gasteiger partial charge in [-0.3, -0.25) is 29.9 Å². The molecular weight excluding hydrogens is 306 g/mol. The zero-order valence-corrected chi connectivity index (χ0v) is 11.9. The van der Waals surface area contributed by atoms with Gasteiger partial charge in [0.1, 0.15) is 0 Å². The smallest absolute Gasteiger partial charge is 0.269 e. The van der Waals surface area contributed by atoms with Gasteiger partial charge in [0.15, 0.2) is 0 Å². The Kier molecular flexibility index (Phi) is 5.69. The molecule has 2 aromatic carbocycles. The van der Waals surface area contributed by atoms with Gasteiger partial charge in [0.25, 0.3) is 11.4 Å². The van der Waals surface area contributed by atoms with Crippen LogP contribution in [0.2, 0.25) is 0 Å². The summed E-state index contributed by atoms with van der Waals surface area (Å²) < 4.78 is 0. The number of benzene rings is 2. The van der Waals surface area contributed by atoms with Crippen LogP contribution in [-0.4, -0.2) is 9.85 Å². The highest BCUT2D eigenvalue weighted by Gasteiger charge is 2.05. The Labute approximate surface area is 130 Å². The third-order valence-corrected chi connectivity index (χ3v) is 2.89. The number of hydrogen-bond acceptors (Lipinski definition) is 7. The standard InChI is InChI=1S/C14H13N3O6/c18-16(19)13-5-1-11(2-6-13)9-22-15-23-10-12-3-7-14(8-4-12)17(20)21/h1-8,15H,9-10H2. The van der Waals surface area contributed by atoms with Gasteiger partial charge in [-0.1, -0.05) is 5.64 Å². The normalized spacial score (nSPS) is 10.4. The fourth-order valence-corrected chi connectivity index (χ4v) is 1.70. The van der Waals surface area contributed by atoms with Crippen LogP contribution in [0.25, 0.3) is 0 Å². The van der Waals surface area contributed by atoms with Crippen molar-refractivity contribution in [1.29, 1.82) is 0 Å². The molecule has 0 amide bonds. The SMILES string of the molecule is O=[N+]([O-])c1ccc(CONOCc2ccc([N+](=O)[O-])cc2)cc1. The maximum absolute atomic E-state index is 10.5. The van der Waals surface area contributed by atoms with Crippen LogP contribution < -0.4 is 5.64 Å². The molecule has 120 valence electrons. The summed E-state index contributed by atoms with van der Waals surface area (Å²) in [6.07, 6.45) is 0. The van der Waals surface area contributed by atoms with Gasteiger partial charge >= 0.3 is 0 Å². The summed E-state index contributed by atoms with van der Waals surface area (Å²) in [5.41, 5.74) is 3.79. The maximum atomic E-state index is 10.5. The molecule has 0 aromatic heterocycles. The molecule has 2 rings (SSSR count). The average Bonchev–Trinajstić information content (AvgIpc) is 2.55. The maximum Gasteiger partial charge on any atom is 0.269 e. The average molecular weight is 319 g/mol. The van der Waals surface area contributed by atoms with Crippen molar-refractivity contribution in [2.75, 3.05) is 0 Å². The van der Waals surface area contributed by atoms with Crippen LogP contribution in [0.4, 0.5) is 11.4 Å². The van der Waals surface area contributed by atoms with Crippen molar-refractivity contribution in [2.24, 2.45) is 0 Å². The van der Waals surface area contributed by atoms with Gasteiger partial charge in [0, 0.05) is 24.3 Å². The van der Waals surface area contributed by atoms with Crippen molar-refractivity contribution < 1.29 is 19.5 Å².